The molecule has 1 heterocycles. The maximum atomic E-state index is 9.57. The molecular formula is C11H11ClN2O2. The molecule has 0 aliphatic carbocycles. The van der Waals surface area contributed by atoms with Crippen LogP contribution in [0.3, 0.4) is 0 Å². The summed E-state index contributed by atoms with van der Waals surface area (Å²) in [5.41, 5.74) is 1.18. The minimum absolute atomic E-state index is 0.175. The molecule has 0 radical (unpaired) electrons. The highest BCUT2D eigenvalue weighted by Gasteiger charge is 2.26. The van der Waals surface area contributed by atoms with E-state index >= 15 is 0 Å². The summed E-state index contributed by atoms with van der Waals surface area (Å²) in [5.74, 6) is 0. The highest BCUT2D eigenvalue weighted by molar-refractivity contribution is 6.33. The average Bonchev–Trinajstić information content (AvgIpc) is 2.68. The maximum absolute atomic E-state index is 9.57. The van der Waals surface area contributed by atoms with E-state index in [2.05, 4.69) is 5.32 Å². The molecule has 2 N–H and O–H groups in total. The van der Waals surface area contributed by atoms with Crippen LogP contribution in [0.25, 0.3) is 0 Å². The molecule has 1 aromatic carbocycles. The van der Waals surface area contributed by atoms with Gasteiger partial charge in [0.1, 0.15) is 0 Å². The summed E-state index contributed by atoms with van der Waals surface area (Å²) in [4.78, 5) is 0. The second kappa shape index (κ2) is 4.71. The molecule has 0 aromatic heterocycles. The molecule has 1 aliphatic rings. The summed E-state index contributed by atoms with van der Waals surface area (Å²) in [6.45, 7) is 0.765. The zero-order valence-electron chi connectivity index (χ0n) is 8.48. The van der Waals surface area contributed by atoms with Crippen LogP contribution in [0.15, 0.2) is 18.2 Å². The predicted octanol–water partition coefficient (Wildman–Crippen LogP) is 1.38. The van der Waals surface area contributed by atoms with Gasteiger partial charge in [-0.3, -0.25) is 0 Å². The molecule has 2 unspecified atom stereocenters. The molecule has 0 bridgehead atoms. The topological polar surface area (TPSA) is 65.3 Å². The van der Waals surface area contributed by atoms with Crippen molar-refractivity contribution < 1.29 is 9.84 Å². The van der Waals surface area contributed by atoms with E-state index in [1.807, 2.05) is 6.07 Å². The predicted molar refractivity (Wildman–Crippen MR) is 60.4 cm³/mol. The summed E-state index contributed by atoms with van der Waals surface area (Å²) in [5, 5.41) is 21.9. The number of nitrogens with zero attached hydrogens (tertiary/aromatic N) is 1. The third kappa shape index (κ3) is 2.27. The highest BCUT2D eigenvalue weighted by atomic mass is 35.5. The fraction of sp³-hybridized carbons (Fsp3) is 0.364. The van der Waals surface area contributed by atoms with E-state index in [-0.39, 0.29) is 6.04 Å². The first-order chi connectivity index (χ1) is 7.70. The quantitative estimate of drug-likeness (QED) is 0.817. The van der Waals surface area contributed by atoms with E-state index < -0.39 is 6.10 Å². The number of rotatable bonds is 2. The van der Waals surface area contributed by atoms with Gasteiger partial charge in [-0.1, -0.05) is 11.6 Å². The van der Waals surface area contributed by atoms with Gasteiger partial charge >= 0.3 is 0 Å². The van der Waals surface area contributed by atoms with Crippen molar-refractivity contribution in [2.24, 2.45) is 0 Å². The lowest BCUT2D eigenvalue weighted by Gasteiger charge is -2.17. The molecule has 1 saturated heterocycles. The van der Waals surface area contributed by atoms with E-state index in [9.17, 15) is 5.11 Å². The Balaban J connectivity index is 2.17. The second-order valence-electron chi connectivity index (χ2n) is 3.66. The van der Waals surface area contributed by atoms with E-state index in [1.54, 1.807) is 18.2 Å². The Bertz CT molecular complexity index is 430. The maximum Gasteiger partial charge on any atom is 0.0996 e. The van der Waals surface area contributed by atoms with E-state index in [0.29, 0.717) is 29.5 Å². The van der Waals surface area contributed by atoms with Crippen LogP contribution in [-0.4, -0.2) is 30.5 Å². The fourth-order valence-electron chi connectivity index (χ4n) is 1.59. The standard InChI is InChI=1S/C11H11ClN2O2/c12-8-2-1-7(4-13)3-9(8)14-10-5-16-6-11(10)15/h1-3,10-11,14-15H,5-6H2. The molecular weight excluding hydrogens is 228 g/mol. The second-order valence-corrected chi connectivity index (χ2v) is 4.07. The number of ether oxygens (including phenoxy) is 1. The van der Waals surface area contributed by atoms with E-state index in [0.717, 1.165) is 0 Å². The lowest BCUT2D eigenvalue weighted by atomic mass is 10.1. The Kier molecular flexibility index (Phi) is 3.30. The first-order valence-corrected chi connectivity index (χ1v) is 5.30. The van der Waals surface area contributed by atoms with Gasteiger partial charge < -0.3 is 15.2 Å². The summed E-state index contributed by atoms with van der Waals surface area (Å²) < 4.78 is 5.12. The Labute approximate surface area is 98.4 Å². The monoisotopic (exact) mass is 238 g/mol. The van der Waals surface area contributed by atoms with Crippen LogP contribution in [0.4, 0.5) is 5.69 Å². The molecule has 4 nitrogen and oxygen atoms in total. The van der Waals surface area contributed by atoms with Crippen LogP contribution in [-0.2, 0) is 4.74 Å². The minimum atomic E-state index is -0.540. The zero-order chi connectivity index (χ0) is 11.5. The zero-order valence-corrected chi connectivity index (χ0v) is 9.24. The Morgan fingerprint density at radius 1 is 1.50 bits per heavy atom. The van der Waals surface area contributed by atoms with Gasteiger partial charge in [-0.05, 0) is 18.2 Å². The summed E-state index contributed by atoms with van der Waals surface area (Å²) >= 11 is 5.98. The van der Waals surface area contributed by atoms with Crippen LogP contribution in [0.2, 0.25) is 5.02 Å². The van der Waals surface area contributed by atoms with Gasteiger partial charge in [0.2, 0.25) is 0 Å². The van der Waals surface area contributed by atoms with Crippen molar-refractivity contribution in [3.05, 3.63) is 28.8 Å². The van der Waals surface area contributed by atoms with Crippen LogP contribution in [0.5, 0.6) is 0 Å². The first kappa shape index (κ1) is 11.2. The molecule has 1 aromatic rings. The van der Waals surface area contributed by atoms with Crippen LogP contribution >= 0.6 is 11.6 Å². The summed E-state index contributed by atoms with van der Waals surface area (Å²) in [7, 11) is 0. The number of hydrogen-bond acceptors (Lipinski definition) is 4. The average molecular weight is 239 g/mol. The van der Waals surface area contributed by atoms with Gasteiger partial charge in [0, 0.05) is 0 Å². The third-order valence-electron chi connectivity index (χ3n) is 2.49. The molecule has 1 fully saturated rings. The van der Waals surface area contributed by atoms with Crippen molar-refractivity contribution in [2.75, 3.05) is 18.5 Å². The van der Waals surface area contributed by atoms with Crippen molar-refractivity contribution in [3.8, 4) is 6.07 Å². The number of aliphatic hydroxyl groups is 1. The van der Waals surface area contributed by atoms with Crippen molar-refractivity contribution >= 4 is 17.3 Å². The number of aliphatic hydroxyl groups excluding tert-OH is 1. The molecule has 5 heteroatoms. The number of nitrogens with one attached hydrogen (secondary N) is 1. The molecule has 2 atom stereocenters. The summed E-state index contributed by atoms with van der Waals surface area (Å²) in [6.07, 6.45) is -0.540. The molecule has 16 heavy (non-hydrogen) atoms. The largest absolute Gasteiger partial charge is 0.388 e. The third-order valence-corrected chi connectivity index (χ3v) is 2.82. The molecule has 84 valence electrons. The van der Waals surface area contributed by atoms with Crippen molar-refractivity contribution in [2.45, 2.75) is 12.1 Å². The Morgan fingerprint density at radius 3 is 2.94 bits per heavy atom. The van der Waals surface area contributed by atoms with Crippen molar-refractivity contribution in [1.29, 1.82) is 5.26 Å². The number of halogens is 1. The van der Waals surface area contributed by atoms with Gasteiger partial charge in [0.15, 0.2) is 0 Å². The van der Waals surface area contributed by atoms with Gasteiger partial charge in [-0.25, -0.2) is 0 Å². The molecule has 2 rings (SSSR count). The molecule has 1 aliphatic heterocycles. The van der Waals surface area contributed by atoms with Crippen molar-refractivity contribution in [1.82, 2.24) is 0 Å². The van der Waals surface area contributed by atoms with Gasteiger partial charge in [0.25, 0.3) is 0 Å². The van der Waals surface area contributed by atoms with Gasteiger partial charge in [0.05, 0.1) is 47.7 Å². The van der Waals surface area contributed by atoms with E-state index in [1.165, 1.54) is 0 Å². The number of anilines is 1. The molecule has 0 amide bonds. The fourth-order valence-corrected chi connectivity index (χ4v) is 1.76. The van der Waals surface area contributed by atoms with Crippen molar-refractivity contribution in [3.63, 3.8) is 0 Å². The molecule has 0 spiro atoms. The first-order valence-electron chi connectivity index (χ1n) is 4.92. The Morgan fingerprint density at radius 2 is 2.31 bits per heavy atom. The van der Waals surface area contributed by atoms with Gasteiger partial charge in [-0.15, -0.1) is 0 Å². The lowest BCUT2D eigenvalue weighted by Crippen LogP contribution is -2.31. The highest BCUT2D eigenvalue weighted by Crippen LogP contribution is 2.25. The Hall–Kier alpha value is -1.28. The smallest absolute Gasteiger partial charge is 0.0996 e. The van der Waals surface area contributed by atoms with Gasteiger partial charge in [-0.2, -0.15) is 5.26 Å². The normalized spacial score (nSPS) is 24.1. The van der Waals surface area contributed by atoms with Crippen LogP contribution < -0.4 is 5.32 Å². The summed E-state index contributed by atoms with van der Waals surface area (Å²) in [6, 6.07) is 6.83. The van der Waals surface area contributed by atoms with Crippen LogP contribution in [0, 0.1) is 11.3 Å². The molecule has 0 saturated carbocycles. The van der Waals surface area contributed by atoms with E-state index in [4.69, 9.17) is 21.6 Å². The SMILES string of the molecule is N#Cc1ccc(Cl)c(NC2COCC2O)c1. The number of hydrogen-bond donors (Lipinski definition) is 2. The number of nitriles is 1. The number of benzene rings is 1. The minimum Gasteiger partial charge on any atom is -0.388 e. The van der Waals surface area contributed by atoms with Crippen LogP contribution in [0.1, 0.15) is 5.56 Å². The lowest BCUT2D eigenvalue weighted by molar-refractivity contribution is 0.125.